The van der Waals surface area contributed by atoms with E-state index in [9.17, 15) is 20.2 Å². The van der Waals surface area contributed by atoms with E-state index in [-0.39, 0.29) is 23.0 Å². The second-order valence-corrected chi connectivity index (χ2v) is 5.28. The summed E-state index contributed by atoms with van der Waals surface area (Å²) < 4.78 is 0. The van der Waals surface area contributed by atoms with E-state index in [1.54, 1.807) is 0 Å². The maximum absolute atomic E-state index is 11.1. The number of anilines is 1. The summed E-state index contributed by atoms with van der Waals surface area (Å²) in [6.07, 6.45) is 9.78. The number of terminal acetylenes is 1. The SMILES string of the molecule is C#CC[C@@H]1CCCC/C1=N/Nc1ccc([N+](=O)[O-])cc1[N+](=O)[O-]. The number of nitrogens with one attached hydrogen (secondary N) is 1. The van der Waals surface area contributed by atoms with E-state index in [2.05, 4.69) is 16.4 Å². The van der Waals surface area contributed by atoms with Gasteiger partial charge >= 0.3 is 5.69 Å². The van der Waals surface area contributed by atoms with Crippen LogP contribution in [0.5, 0.6) is 0 Å². The van der Waals surface area contributed by atoms with Gasteiger partial charge in [-0.25, -0.2) is 0 Å². The Bertz CT molecular complexity index is 693. The third-order valence-electron chi connectivity index (χ3n) is 3.78. The van der Waals surface area contributed by atoms with Crippen LogP contribution < -0.4 is 5.43 Å². The molecule has 0 unspecified atom stereocenters. The van der Waals surface area contributed by atoms with Crippen LogP contribution in [-0.4, -0.2) is 15.6 Å². The Morgan fingerprint density at radius 2 is 2.09 bits per heavy atom. The van der Waals surface area contributed by atoms with Crippen LogP contribution in [0.25, 0.3) is 0 Å². The van der Waals surface area contributed by atoms with Gasteiger partial charge in [0.15, 0.2) is 0 Å². The van der Waals surface area contributed by atoms with Crippen molar-refractivity contribution < 1.29 is 9.85 Å². The van der Waals surface area contributed by atoms with E-state index in [0.717, 1.165) is 37.5 Å². The molecule has 0 radical (unpaired) electrons. The number of nitro groups is 2. The molecule has 1 N–H and O–H groups in total. The molecule has 23 heavy (non-hydrogen) atoms. The van der Waals surface area contributed by atoms with Crippen molar-refractivity contribution in [1.82, 2.24) is 0 Å². The van der Waals surface area contributed by atoms with Gasteiger partial charge in [-0.3, -0.25) is 25.7 Å². The molecule has 0 spiro atoms. The van der Waals surface area contributed by atoms with Crippen molar-refractivity contribution in [2.24, 2.45) is 11.0 Å². The van der Waals surface area contributed by atoms with E-state index in [1.165, 1.54) is 12.1 Å². The Balaban J connectivity index is 2.25. The number of nitrogens with zero attached hydrogens (tertiary/aromatic N) is 3. The maximum atomic E-state index is 11.1. The van der Waals surface area contributed by atoms with Crippen LogP contribution in [0.2, 0.25) is 0 Å². The van der Waals surface area contributed by atoms with Gasteiger partial charge in [0.05, 0.1) is 15.9 Å². The second-order valence-electron chi connectivity index (χ2n) is 5.28. The van der Waals surface area contributed by atoms with Crippen molar-refractivity contribution in [1.29, 1.82) is 0 Å². The van der Waals surface area contributed by atoms with Crippen LogP contribution >= 0.6 is 0 Å². The molecule has 1 fully saturated rings. The number of nitro benzene ring substituents is 2. The third kappa shape index (κ3) is 4.03. The Labute approximate surface area is 132 Å². The molecule has 120 valence electrons. The first kappa shape index (κ1) is 16.4. The number of non-ortho nitro benzene ring substituents is 1. The minimum atomic E-state index is -0.674. The van der Waals surface area contributed by atoms with E-state index < -0.39 is 9.85 Å². The van der Waals surface area contributed by atoms with Gasteiger partial charge in [-0.05, 0) is 25.3 Å². The number of rotatable bonds is 5. The lowest BCUT2D eigenvalue weighted by molar-refractivity contribution is -0.393. The molecule has 0 aromatic heterocycles. The van der Waals surface area contributed by atoms with E-state index in [4.69, 9.17) is 6.42 Å². The molecular formula is C15H16N4O4. The van der Waals surface area contributed by atoms with E-state index in [1.807, 2.05) is 0 Å². The predicted molar refractivity (Wildman–Crippen MR) is 86.2 cm³/mol. The standard InChI is InChI=1S/C15H16N4O4/c1-2-5-11-6-3-4-7-13(11)16-17-14-9-8-12(18(20)21)10-15(14)19(22)23/h1,8-11,17H,3-7H2/b16-13-/t11-/m1/s1. The Hall–Kier alpha value is -2.95. The van der Waals surface area contributed by atoms with Crippen molar-refractivity contribution in [3.8, 4) is 12.3 Å². The van der Waals surface area contributed by atoms with Gasteiger partial charge < -0.3 is 0 Å². The smallest absolute Gasteiger partial charge is 0.272 e. The molecule has 1 atom stereocenters. The number of hydrogen-bond acceptors (Lipinski definition) is 6. The van der Waals surface area contributed by atoms with Gasteiger partial charge in [0, 0.05) is 24.1 Å². The quantitative estimate of drug-likeness (QED) is 0.508. The fourth-order valence-electron chi connectivity index (χ4n) is 2.59. The van der Waals surface area contributed by atoms with Crippen molar-refractivity contribution >= 4 is 22.8 Å². The minimum Gasteiger partial charge on any atom is -0.272 e. The summed E-state index contributed by atoms with van der Waals surface area (Å²) in [6.45, 7) is 0. The fraction of sp³-hybridized carbons (Fsp3) is 0.400. The largest absolute Gasteiger partial charge is 0.301 e. The monoisotopic (exact) mass is 316 g/mol. The summed E-state index contributed by atoms with van der Waals surface area (Å²) >= 11 is 0. The van der Waals surface area contributed by atoms with Crippen LogP contribution in [0.4, 0.5) is 17.1 Å². The lowest BCUT2D eigenvalue weighted by atomic mass is 9.85. The summed E-state index contributed by atoms with van der Waals surface area (Å²) in [4.78, 5) is 20.5. The normalized spacial score (nSPS) is 19.1. The van der Waals surface area contributed by atoms with Gasteiger partial charge in [-0.1, -0.05) is 6.42 Å². The fourth-order valence-corrected chi connectivity index (χ4v) is 2.59. The highest BCUT2D eigenvalue weighted by atomic mass is 16.6. The van der Waals surface area contributed by atoms with Crippen LogP contribution in [0.1, 0.15) is 32.1 Å². The van der Waals surface area contributed by atoms with Crippen molar-refractivity contribution in [2.75, 3.05) is 5.43 Å². The molecule has 8 heteroatoms. The summed E-state index contributed by atoms with van der Waals surface area (Å²) in [7, 11) is 0. The average molecular weight is 316 g/mol. The molecule has 2 rings (SSSR count). The molecule has 1 saturated carbocycles. The molecule has 8 nitrogen and oxygen atoms in total. The second kappa shape index (κ2) is 7.35. The number of benzene rings is 1. The summed E-state index contributed by atoms with van der Waals surface area (Å²) in [5.74, 6) is 2.80. The zero-order valence-electron chi connectivity index (χ0n) is 12.4. The lowest BCUT2D eigenvalue weighted by Gasteiger charge is -2.22. The average Bonchev–Trinajstić information content (AvgIpc) is 2.54. The first-order valence-corrected chi connectivity index (χ1v) is 7.21. The van der Waals surface area contributed by atoms with E-state index >= 15 is 0 Å². The summed E-state index contributed by atoms with van der Waals surface area (Å²) in [6, 6.07) is 3.41. The van der Waals surface area contributed by atoms with Gasteiger partial charge in [-0.15, -0.1) is 12.3 Å². The summed E-state index contributed by atoms with van der Waals surface area (Å²) in [5, 5.41) is 26.1. The van der Waals surface area contributed by atoms with Crippen LogP contribution in [0, 0.1) is 38.5 Å². The van der Waals surface area contributed by atoms with Gasteiger partial charge in [-0.2, -0.15) is 5.10 Å². The molecule has 1 aromatic rings. The zero-order valence-corrected chi connectivity index (χ0v) is 12.4. The first-order chi connectivity index (χ1) is 11.0. The molecule has 1 aliphatic rings. The molecule has 0 saturated heterocycles. The van der Waals surface area contributed by atoms with Crippen molar-refractivity contribution in [2.45, 2.75) is 32.1 Å². The molecule has 0 heterocycles. The molecule has 0 bridgehead atoms. The highest BCUT2D eigenvalue weighted by Gasteiger charge is 2.22. The third-order valence-corrected chi connectivity index (χ3v) is 3.78. The molecule has 1 aliphatic carbocycles. The lowest BCUT2D eigenvalue weighted by Crippen LogP contribution is -2.20. The topological polar surface area (TPSA) is 111 Å². The highest BCUT2D eigenvalue weighted by molar-refractivity contribution is 5.88. The Morgan fingerprint density at radius 3 is 2.74 bits per heavy atom. The number of hydrazone groups is 1. The van der Waals surface area contributed by atoms with Crippen LogP contribution in [0.3, 0.4) is 0 Å². The zero-order chi connectivity index (χ0) is 16.8. The maximum Gasteiger partial charge on any atom is 0.301 e. The van der Waals surface area contributed by atoms with Gasteiger partial charge in [0.2, 0.25) is 0 Å². The molecule has 1 aromatic carbocycles. The molecule has 0 amide bonds. The first-order valence-electron chi connectivity index (χ1n) is 7.21. The van der Waals surface area contributed by atoms with Gasteiger partial charge in [0.1, 0.15) is 5.69 Å². The number of hydrogen-bond donors (Lipinski definition) is 1. The molecular weight excluding hydrogens is 300 g/mol. The Morgan fingerprint density at radius 1 is 1.30 bits per heavy atom. The van der Waals surface area contributed by atoms with Crippen LogP contribution in [0.15, 0.2) is 23.3 Å². The van der Waals surface area contributed by atoms with Gasteiger partial charge in [0.25, 0.3) is 5.69 Å². The summed E-state index contributed by atoms with van der Waals surface area (Å²) in [5.41, 5.74) is 2.97. The molecule has 0 aliphatic heterocycles. The predicted octanol–water partition coefficient (Wildman–Crippen LogP) is 3.48. The van der Waals surface area contributed by atoms with E-state index in [0.29, 0.717) is 6.42 Å². The van der Waals surface area contributed by atoms with Crippen molar-refractivity contribution in [3.63, 3.8) is 0 Å². The van der Waals surface area contributed by atoms with Crippen LogP contribution in [-0.2, 0) is 0 Å². The minimum absolute atomic E-state index is 0.123. The highest BCUT2D eigenvalue weighted by Crippen LogP contribution is 2.30. The Kier molecular flexibility index (Phi) is 5.25. The van der Waals surface area contributed by atoms with Crippen molar-refractivity contribution in [3.05, 3.63) is 38.4 Å².